The molecule has 3 N–H and O–H groups in total. The molecule has 0 radical (unpaired) electrons. The van der Waals surface area contributed by atoms with Gasteiger partial charge in [0.15, 0.2) is 9.84 Å². The second kappa shape index (κ2) is 3.40. The highest BCUT2D eigenvalue weighted by molar-refractivity contribution is 7.90. The molecule has 0 fully saturated rings. The molecule has 0 saturated heterocycles. The molecule has 0 aliphatic carbocycles. The quantitative estimate of drug-likeness (QED) is 0.727. The number of aryl methyl sites for hydroxylation is 1. The van der Waals surface area contributed by atoms with Gasteiger partial charge in [-0.05, 0) is 24.6 Å². The molecule has 0 atom stereocenters. The van der Waals surface area contributed by atoms with E-state index in [1.54, 1.807) is 0 Å². The van der Waals surface area contributed by atoms with Gasteiger partial charge in [0.25, 0.3) is 0 Å². The van der Waals surface area contributed by atoms with Crippen LogP contribution < -0.4 is 5.73 Å². The average molecular weight is 214 g/mol. The third kappa shape index (κ3) is 1.83. The molecule has 2 heterocycles. The number of aromatic nitrogens is 1. The highest BCUT2D eigenvalue weighted by atomic mass is 32.2. The van der Waals surface area contributed by atoms with Crippen molar-refractivity contribution in [2.24, 2.45) is 5.73 Å². The molecule has 4 nitrogen and oxygen atoms in total. The summed E-state index contributed by atoms with van der Waals surface area (Å²) in [7, 11) is -2.85. The molecule has 1 aliphatic heterocycles. The molecule has 0 bridgehead atoms. The van der Waals surface area contributed by atoms with E-state index >= 15 is 0 Å². The van der Waals surface area contributed by atoms with E-state index in [9.17, 15) is 8.42 Å². The van der Waals surface area contributed by atoms with Crippen LogP contribution in [-0.4, -0.2) is 25.7 Å². The first-order valence-corrected chi connectivity index (χ1v) is 6.53. The van der Waals surface area contributed by atoms with E-state index < -0.39 is 9.84 Å². The van der Waals surface area contributed by atoms with Gasteiger partial charge in [-0.15, -0.1) is 0 Å². The lowest BCUT2D eigenvalue weighted by Gasteiger charge is -2.10. The van der Waals surface area contributed by atoms with E-state index in [-0.39, 0.29) is 11.5 Å². The fourth-order valence-corrected chi connectivity index (χ4v) is 3.21. The van der Waals surface area contributed by atoms with Gasteiger partial charge in [0.05, 0.1) is 11.5 Å². The molecule has 1 aliphatic rings. The van der Waals surface area contributed by atoms with Crippen molar-refractivity contribution in [2.75, 3.05) is 12.3 Å². The van der Waals surface area contributed by atoms with Gasteiger partial charge in [-0.1, -0.05) is 0 Å². The molecule has 1 aromatic rings. The topological polar surface area (TPSA) is 76.0 Å². The molecule has 0 unspecified atom stereocenters. The number of H-pyrrole nitrogens is 1. The van der Waals surface area contributed by atoms with Crippen LogP contribution in [0.4, 0.5) is 0 Å². The third-order valence-corrected chi connectivity index (χ3v) is 4.08. The summed E-state index contributed by atoms with van der Waals surface area (Å²) in [5.41, 5.74) is 8.49. The van der Waals surface area contributed by atoms with Gasteiger partial charge in [-0.3, -0.25) is 0 Å². The predicted octanol–water partition coefficient (Wildman–Crippen LogP) is -0.0132. The van der Waals surface area contributed by atoms with E-state index in [1.165, 1.54) is 0 Å². The number of sulfone groups is 1. The SMILES string of the molecule is NCCc1cc2c([nH]1)CCS(=O)(=O)C2. The molecule has 0 spiro atoms. The molecule has 14 heavy (non-hydrogen) atoms. The fraction of sp³-hybridized carbons (Fsp3) is 0.556. The Morgan fingerprint density at radius 2 is 2.29 bits per heavy atom. The number of fused-ring (bicyclic) bond motifs is 1. The van der Waals surface area contributed by atoms with Crippen molar-refractivity contribution in [2.45, 2.75) is 18.6 Å². The molecule has 5 heteroatoms. The molecule has 2 rings (SSSR count). The number of nitrogens with one attached hydrogen (secondary N) is 1. The van der Waals surface area contributed by atoms with E-state index in [0.717, 1.165) is 23.4 Å². The maximum atomic E-state index is 11.3. The van der Waals surface area contributed by atoms with Gasteiger partial charge < -0.3 is 10.7 Å². The minimum Gasteiger partial charge on any atom is -0.362 e. The summed E-state index contributed by atoms with van der Waals surface area (Å²) < 4.78 is 22.7. The zero-order valence-electron chi connectivity index (χ0n) is 7.91. The van der Waals surface area contributed by atoms with Crippen molar-refractivity contribution in [1.82, 2.24) is 4.98 Å². The molecule has 1 aromatic heterocycles. The lowest BCUT2D eigenvalue weighted by Crippen LogP contribution is -2.17. The summed E-state index contributed by atoms with van der Waals surface area (Å²) in [6.45, 7) is 0.589. The Balaban J connectivity index is 2.30. The molecule has 0 saturated carbocycles. The number of hydrogen-bond acceptors (Lipinski definition) is 3. The van der Waals surface area contributed by atoms with Crippen molar-refractivity contribution in [3.63, 3.8) is 0 Å². The minimum atomic E-state index is -2.85. The van der Waals surface area contributed by atoms with Gasteiger partial charge >= 0.3 is 0 Å². The van der Waals surface area contributed by atoms with Crippen LogP contribution >= 0.6 is 0 Å². The summed E-state index contributed by atoms with van der Waals surface area (Å²) in [5.74, 6) is 0.450. The number of hydrogen-bond donors (Lipinski definition) is 2. The molecule has 0 aromatic carbocycles. The number of aromatic amines is 1. The van der Waals surface area contributed by atoms with E-state index in [4.69, 9.17) is 5.73 Å². The lowest BCUT2D eigenvalue weighted by atomic mass is 10.2. The van der Waals surface area contributed by atoms with Crippen LogP contribution in [0.2, 0.25) is 0 Å². The Labute approximate surface area is 83.4 Å². The Bertz CT molecular complexity index is 434. The maximum Gasteiger partial charge on any atom is 0.154 e. The Morgan fingerprint density at radius 3 is 3.00 bits per heavy atom. The average Bonchev–Trinajstić information content (AvgIpc) is 2.45. The minimum absolute atomic E-state index is 0.184. The largest absolute Gasteiger partial charge is 0.362 e. The molecule has 78 valence electrons. The Morgan fingerprint density at radius 1 is 1.50 bits per heavy atom. The van der Waals surface area contributed by atoms with Gasteiger partial charge in [0.1, 0.15) is 0 Å². The van der Waals surface area contributed by atoms with Crippen molar-refractivity contribution in [3.05, 3.63) is 23.0 Å². The summed E-state index contributed by atoms with van der Waals surface area (Å²) >= 11 is 0. The van der Waals surface area contributed by atoms with Crippen LogP contribution in [0.5, 0.6) is 0 Å². The molecular formula is C9H14N2O2S. The van der Waals surface area contributed by atoms with Crippen LogP contribution in [0.3, 0.4) is 0 Å². The van der Waals surface area contributed by atoms with Crippen molar-refractivity contribution in [1.29, 1.82) is 0 Å². The van der Waals surface area contributed by atoms with Crippen molar-refractivity contribution in [3.8, 4) is 0 Å². The summed E-state index contributed by atoms with van der Waals surface area (Å²) in [6, 6.07) is 1.93. The number of rotatable bonds is 2. The zero-order valence-corrected chi connectivity index (χ0v) is 8.73. The molecular weight excluding hydrogens is 200 g/mol. The summed E-state index contributed by atoms with van der Waals surface area (Å²) in [6.07, 6.45) is 1.40. The van der Waals surface area contributed by atoms with E-state index in [2.05, 4.69) is 4.98 Å². The summed E-state index contributed by atoms with van der Waals surface area (Å²) in [4.78, 5) is 3.23. The highest BCUT2D eigenvalue weighted by Crippen LogP contribution is 2.21. The third-order valence-electron chi connectivity index (χ3n) is 2.50. The number of nitrogens with two attached hydrogens (primary N) is 1. The maximum absolute atomic E-state index is 11.3. The van der Waals surface area contributed by atoms with Crippen molar-refractivity contribution < 1.29 is 8.42 Å². The van der Waals surface area contributed by atoms with Gasteiger partial charge in [0, 0.05) is 17.8 Å². The van der Waals surface area contributed by atoms with Gasteiger partial charge in [-0.25, -0.2) is 8.42 Å². The van der Waals surface area contributed by atoms with Crippen LogP contribution in [0.1, 0.15) is 17.0 Å². The standard InChI is InChI=1S/C9H14N2O2S/c10-3-1-8-5-7-6-14(12,13)4-2-9(7)11-8/h5,11H,1-4,6,10H2. The van der Waals surface area contributed by atoms with Gasteiger partial charge in [0.2, 0.25) is 0 Å². The smallest absolute Gasteiger partial charge is 0.154 e. The summed E-state index contributed by atoms with van der Waals surface area (Å²) in [5, 5.41) is 0. The van der Waals surface area contributed by atoms with E-state index in [0.29, 0.717) is 13.0 Å². The predicted molar refractivity (Wildman–Crippen MR) is 54.7 cm³/mol. The van der Waals surface area contributed by atoms with Crippen LogP contribution in [-0.2, 0) is 28.4 Å². The van der Waals surface area contributed by atoms with Crippen LogP contribution in [0, 0.1) is 0 Å². The first kappa shape index (κ1) is 9.73. The zero-order chi connectivity index (χ0) is 10.2. The second-order valence-corrected chi connectivity index (χ2v) is 5.86. The van der Waals surface area contributed by atoms with Crippen molar-refractivity contribution >= 4 is 9.84 Å². The van der Waals surface area contributed by atoms with Crippen LogP contribution in [0.25, 0.3) is 0 Å². The fourth-order valence-electron chi connectivity index (χ4n) is 1.82. The van der Waals surface area contributed by atoms with Gasteiger partial charge in [-0.2, -0.15) is 0 Å². The second-order valence-electron chi connectivity index (χ2n) is 3.68. The highest BCUT2D eigenvalue weighted by Gasteiger charge is 2.22. The Hall–Kier alpha value is -0.810. The first-order chi connectivity index (χ1) is 6.61. The molecule has 0 amide bonds. The first-order valence-electron chi connectivity index (χ1n) is 4.71. The van der Waals surface area contributed by atoms with E-state index in [1.807, 2.05) is 6.07 Å². The lowest BCUT2D eigenvalue weighted by molar-refractivity contribution is 0.591. The Kier molecular flexibility index (Phi) is 2.36. The normalized spacial score (nSPS) is 19.2. The monoisotopic (exact) mass is 214 g/mol. The van der Waals surface area contributed by atoms with Crippen LogP contribution in [0.15, 0.2) is 6.07 Å².